The lowest BCUT2D eigenvalue weighted by atomic mass is 10.1. The second-order valence-corrected chi connectivity index (χ2v) is 4.36. The minimum Gasteiger partial charge on any atom is -0.395 e. The Hall–Kier alpha value is -2.00. The van der Waals surface area contributed by atoms with Crippen LogP contribution in [-0.4, -0.2) is 23.8 Å². The third-order valence-corrected chi connectivity index (χ3v) is 2.55. The first-order valence-electron chi connectivity index (χ1n) is 6.43. The van der Waals surface area contributed by atoms with Crippen molar-refractivity contribution in [3.8, 4) is 11.8 Å². The predicted molar refractivity (Wildman–Crippen MR) is 72.2 cm³/mol. The van der Waals surface area contributed by atoms with Gasteiger partial charge in [0.25, 0.3) is 0 Å². The normalized spacial score (nSPS) is 10.7. The van der Waals surface area contributed by atoms with Crippen LogP contribution in [0.5, 0.6) is 0 Å². The smallest absolute Gasteiger partial charge is 0.389 e. The van der Waals surface area contributed by atoms with E-state index in [2.05, 4.69) is 17.2 Å². The van der Waals surface area contributed by atoms with Crippen molar-refractivity contribution in [2.24, 2.45) is 0 Å². The molecule has 0 spiro atoms. The Morgan fingerprint density at radius 1 is 1.24 bits per heavy atom. The number of amides is 1. The molecule has 0 unspecified atom stereocenters. The average Bonchev–Trinajstić information content (AvgIpc) is 2.44. The first-order valence-corrected chi connectivity index (χ1v) is 6.43. The summed E-state index contributed by atoms with van der Waals surface area (Å²) in [6, 6.07) is 6.99. The summed E-state index contributed by atoms with van der Waals surface area (Å²) in [5.74, 6) is 5.00. The zero-order valence-corrected chi connectivity index (χ0v) is 11.3. The SMILES string of the molecule is O=C(CCC(F)(F)F)NCc1ccc(C#CCCO)cc1. The number of carbonyl (C=O) groups excluding carboxylic acids is 1. The van der Waals surface area contributed by atoms with Gasteiger partial charge in [0.15, 0.2) is 0 Å². The highest BCUT2D eigenvalue weighted by atomic mass is 19.4. The summed E-state index contributed by atoms with van der Waals surface area (Å²) in [6.07, 6.45) is -5.59. The van der Waals surface area contributed by atoms with Gasteiger partial charge in [0.05, 0.1) is 13.0 Å². The summed E-state index contributed by atoms with van der Waals surface area (Å²) >= 11 is 0. The lowest BCUT2D eigenvalue weighted by Crippen LogP contribution is -2.24. The molecule has 0 heterocycles. The molecule has 1 aromatic carbocycles. The maximum atomic E-state index is 11.9. The maximum Gasteiger partial charge on any atom is 0.389 e. The fourth-order valence-electron chi connectivity index (χ4n) is 1.47. The molecular formula is C15H16F3NO2. The molecular weight excluding hydrogens is 283 g/mol. The number of hydrogen-bond acceptors (Lipinski definition) is 2. The molecule has 1 rings (SSSR count). The molecule has 0 aliphatic carbocycles. The van der Waals surface area contributed by atoms with E-state index in [0.29, 0.717) is 6.42 Å². The quantitative estimate of drug-likeness (QED) is 0.820. The van der Waals surface area contributed by atoms with Gasteiger partial charge in [-0.15, -0.1) is 0 Å². The number of rotatable bonds is 5. The van der Waals surface area contributed by atoms with E-state index in [1.54, 1.807) is 24.3 Å². The molecule has 0 saturated carbocycles. The molecule has 0 saturated heterocycles. The number of aliphatic hydroxyl groups is 1. The van der Waals surface area contributed by atoms with Crippen molar-refractivity contribution in [1.29, 1.82) is 0 Å². The molecule has 6 heteroatoms. The minimum absolute atomic E-state index is 0.00897. The van der Waals surface area contributed by atoms with Crippen LogP contribution in [0.15, 0.2) is 24.3 Å². The topological polar surface area (TPSA) is 49.3 Å². The summed E-state index contributed by atoms with van der Waals surface area (Å²) < 4.78 is 35.8. The summed E-state index contributed by atoms with van der Waals surface area (Å²) in [4.78, 5) is 11.2. The van der Waals surface area contributed by atoms with Crippen LogP contribution in [0.25, 0.3) is 0 Å². The van der Waals surface area contributed by atoms with Gasteiger partial charge in [0, 0.05) is 24.9 Å². The summed E-state index contributed by atoms with van der Waals surface area (Å²) in [7, 11) is 0. The standard InChI is InChI=1S/C15H16F3NO2/c16-15(17,18)9-8-14(21)19-11-13-6-4-12(5-7-13)3-1-2-10-20/h4-7,20H,2,8-11H2,(H,19,21). The molecule has 2 N–H and O–H groups in total. The third-order valence-electron chi connectivity index (χ3n) is 2.55. The molecule has 0 aromatic heterocycles. The molecule has 0 bridgehead atoms. The Morgan fingerprint density at radius 2 is 1.90 bits per heavy atom. The molecule has 1 aromatic rings. The van der Waals surface area contributed by atoms with Gasteiger partial charge in [-0.3, -0.25) is 4.79 Å². The predicted octanol–water partition coefficient (Wildman–Crippen LogP) is 2.38. The summed E-state index contributed by atoms with van der Waals surface area (Å²) in [6.45, 7) is 0.191. The van der Waals surface area contributed by atoms with E-state index in [9.17, 15) is 18.0 Å². The third kappa shape index (κ3) is 8.00. The summed E-state index contributed by atoms with van der Waals surface area (Å²) in [5, 5.41) is 11.0. The number of alkyl halides is 3. The monoisotopic (exact) mass is 299 g/mol. The van der Waals surface area contributed by atoms with E-state index in [1.165, 1.54) is 0 Å². The number of nitrogens with one attached hydrogen (secondary N) is 1. The van der Waals surface area contributed by atoms with Gasteiger partial charge in [0.2, 0.25) is 5.91 Å². The fraction of sp³-hybridized carbons (Fsp3) is 0.400. The second kappa shape index (κ2) is 8.32. The van der Waals surface area contributed by atoms with Gasteiger partial charge >= 0.3 is 6.18 Å². The van der Waals surface area contributed by atoms with Crippen molar-refractivity contribution < 1.29 is 23.1 Å². The van der Waals surface area contributed by atoms with Gasteiger partial charge < -0.3 is 10.4 Å². The van der Waals surface area contributed by atoms with Crippen LogP contribution in [-0.2, 0) is 11.3 Å². The first-order chi connectivity index (χ1) is 9.90. The van der Waals surface area contributed by atoms with Gasteiger partial charge in [-0.05, 0) is 17.7 Å². The zero-order valence-electron chi connectivity index (χ0n) is 11.3. The van der Waals surface area contributed by atoms with Gasteiger partial charge in [-0.25, -0.2) is 0 Å². The molecule has 0 atom stereocenters. The van der Waals surface area contributed by atoms with Crippen molar-refractivity contribution in [2.45, 2.75) is 32.0 Å². The van der Waals surface area contributed by atoms with Crippen molar-refractivity contribution in [1.82, 2.24) is 5.32 Å². The highest BCUT2D eigenvalue weighted by Crippen LogP contribution is 2.21. The number of benzene rings is 1. The highest BCUT2D eigenvalue weighted by Gasteiger charge is 2.27. The molecule has 0 radical (unpaired) electrons. The van der Waals surface area contributed by atoms with Crippen LogP contribution in [0.1, 0.15) is 30.4 Å². The van der Waals surface area contributed by atoms with Crippen LogP contribution < -0.4 is 5.32 Å². The zero-order chi connectivity index (χ0) is 15.7. The Labute approximate surface area is 121 Å². The van der Waals surface area contributed by atoms with E-state index in [4.69, 9.17) is 5.11 Å². The van der Waals surface area contributed by atoms with Gasteiger partial charge in [-0.1, -0.05) is 24.0 Å². The van der Waals surface area contributed by atoms with Crippen molar-refractivity contribution in [3.05, 3.63) is 35.4 Å². The van der Waals surface area contributed by atoms with Crippen LogP contribution in [0.4, 0.5) is 13.2 Å². The van der Waals surface area contributed by atoms with E-state index in [-0.39, 0.29) is 13.2 Å². The van der Waals surface area contributed by atoms with E-state index >= 15 is 0 Å². The Kier molecular flexibility index (Phi) is 6.76. The molecule has 1 amide bonds. The fourth-order valence-corrected chi connectivity index (χ4v) is 1.47. The summed E-state index contributed by atoms with van der Waals surface area (Å²) in [5.41, 5.74) is 1.55. The number of carbonyl (C=O) groups is 1. The molecule has 21 heavy (non-hydrogen) atoms. The molecule has 3 nitrogen and oxygen atoms in total. The second-order valence-electron chi connectivity index (χ2n) is 4.36. The molecule has 0 fully saturated rings. The van der Waals surface area contributed by atoms with Crippen molar-refractivity contribution in [3.63, 3.8) is 0 Å². The van der Waals surface area contributed by atoms with E-state index in [1.807, 2.05) is 0 Å². The highest BCUT2D eigenvalue weighted by molar-refractivity contribution is 5.75. The number of aliphatic hydroxyl groups excluding tert-OH is 1. The van der Waals surface area contributed by atoms with Crippen molar-refractivity contribution in [2.75, 3.05) is 6.61 Å². The van der Waals surface area contributed by atoms with Crippen LogP contribution in [0.3, 0.4) is 0 Å². The van der Waals surface area contributed by atoms with Gasteiger partial charge in [-0.2, -0.15) is 13.2 Å². The molecule has 0 aliphatic rings. The number of halogens is 3. The first kappa shape index (κ1) is 17.1. The lowest BCUT2D eigenvalue weighted by Gasteiger charge is -2.07. The minimum atomic E-state index is -4.31. The lowest BCUT2D eigenvalue weighted by molar-refractivity contribution is -0.144. The van der Waals surface area contributed by atoms with Crippen LogP contribution in [0.2, 0.25) is 0 Å². The largest absolute Gasteiger partial charge is 0.395 e. The van der Waals surface area contributed by atoms with E-state index in [0.717, 1.165) is 11.1 Å². The van der Waals surface area contributed by atoms with E-state index < -0.39 is 24.9 Å². The van der Waals surface area contributed by atoms with Gasteiger partial charge in [0.1, 0.15) is 0 Å². The Bertz CT molecular complexity index is 512. The average molecular weight is 299 g/mol. The Morgan fingerprint density at radius 3 is 2.48 bits per heavy atom. The molecule has 0 aliphatic heterocycles. The van der Waals surface area contributed by atoms with Crippen LogP contribution in [0, 0.1) is 11.8 Å². The van der Waals surface area contributed by atoms with Crippen molar-refractivity contribution >= 4 is 5.91 Å². The number of hydrogen-bond donors (Lipinski definition) is 2. The maximum absolute atomic E-state index is 11.9. The Balaban J connectivity index is 2.39. The molecule has 114 valence electrons. The van der Waals surface area contributed by atoms with Crippen LogP contribution >= 0.6 is 0 Å².